The minimum Gasteiger partial charge on any atom is -0.496 e. The van der Waals surface area contributed by atoms with Crippen LogP contribution in [-0.4, -0.2) is 61.9 Å². The first-order valence-electron chi connectivity index (χ1n) is 11.7. The van der Waals surface area contributed by atoms with Crippen LogP contribution in [0.4, 0.5) is 4.39 Å². The molecule has 0 aliphatic carbocycles. The molecule has 6 rings (SSSR count). The van der Waals surface area contributed by atoms with Crippen LogP contribution in [0, 0.1) is 5.82 Å². The Morgan fingerprint density at radius 2 is 2.06 bits per heavy atom. The number of hydrogen-bond donors (Lipinski definition) is 1. The van der Waals surface area contributed by atoms with Gasteiger partial charge in [0.1, 0.15) is 29.1 Å². The van der Waals surface area contributed by atoms with Crippen LogP contribution in [0.25, 0.3) is 27.8 Å². The quantitative estimate of drug-likeness (QED) is 0.390. The highest BCUT2D eigenvalue weighted by molar-refractivity contribution is 5.94. The number of fused-ring (bicyclic) bond motifs is 1. The molecular formula is C26H24FN7O2. The van der Waals surface area contributed by atoms with Gasteiger partial charge in [-0.15, -0.1) is 5.10 Å². The average molecular weight is 486 g/mol. The number of benzene rings is 2. The minimum absolute atomic E-state index is 0.268. The molecule has 0 radical (unpaired) electrons. The highest BCUT2D eigenvalue weighted by atomic mass is 19.1. The first-order chi connectivity index (χ1) is 17.7. The van der Waals surface area contributed by atoms with E-state index in [2.05, 4.69) is 30.4 Å². The van der Waals surface area contributed by atoms with Gasteiger partial charge in [-0.05, 0) is 42.5 Å². The van der Waals surface area contributed by atoms with Crippen molar-refractivity contribution in [2.45, 2.75) is 12.6 Å². The molecule has 2 aromatic carbocycles. The number of nitrogens with zero attached hydrogens (tertiary/aromatic N) is 6. The van der Waals surface area contributed by atoms with E-state index in [1.165, 1.54) is 6.07 Å². The molecule has 0 unspecified atom stereocenters. The van der Waals surface area contributed by atoms with Crippen LogP contribution < -0.4 is 4.74 Å². The molecule has 9 nitrogen and oxygen atoms in total. The number of methoxy groups -OCH3 is 1. The number of H-pyrrole nitrogens is 1. The number of pyridine rings is 1. The maximum atomic E-state index is 14.5. The number of aromatic nitrogens is 6. The summed E-state index contributed by atoms with van der Waals surface area (Å²) in [6, 6.07) is 14.7. The third-order valence-corrected chi connectivity index (χ3v) is 6.43. The smallest absolute Gasteiger partial charge is 0.131 e. The van der Waals surface area contributed by atoms with Gasteiger partial charge in [-0.1, -0.05) is 11.3 Å². The summed E-state index contributed by atoms with van der Waals surface area (Å²) in [5.74, 6) is 0.272. The van der Waals surface area contributed by atoms with Crippen molar-refractivity contribution in [3.63, 3.8) is 0 Å². The molecule has 10 heteroatoms. The molecular weight excluding hydrogens is 461 g/mol. The number of rotatable bonds is 6. The second-order valence-corrected chi connectivity index (χ2v) is 8.64. The number of hydrogen-bond acceptors (Lipinski definition) is 7. The molecule has 1 atom stereocenters. The molecule has 1 aliphatic rings. The highest BCUT2D eigenvalue weighted by Crippen LogP contribution is 2.29. The van der Waals surface area contributed by atoms with E-state index in [4.69, 9.17) is 9.47 Å². The predicted molar refractivity (Wildman–Crippen MR) is 131 cm³/mol. The maximum Gasteiger partial charge on any atom is 0.131 e. The normalized spacial score (nSPS) is 16.4. The second kappa shape index (κ2) is 9.48. The lowest BCUT2D eigenvalue weighted by Crippen LogP contribution is -2.38. The fourth-order valence-corrected chi connectivity index (χ4v) is 4.56. The summed E-state index contributed by atoms with van der Waals surface area (Å²) < 4.78 is 27.5. The van der Waals surface area contributed by atoms with Gasteiger partial charge >= 0.3 is 0 Å². The summed E-state index contributed by atoms with van der Waals surface area (Å²) in [5, 5.41) is 17.3. The third-order valence-electron chi connectivity index (χ3n) is 6.43. The van der Waals surface area contributed by atoms with Crippen LogP contribution in [0.1, 0.15) is 17.4 Å². The lowest BCUT2D eigenvalue weighted by atomic mass is 10.1. The van der Waals surface area contributed by atoms with Crippen LogP contribution >= 0.6 is 0 Å². The molecule has 182 valence electrons. The van der Waals surface area contributed by atoms with Gasteiger partial charge in [0.15, 0.2) is 0 Å². The third kappa shape index (κ3) is 4.21. The van der Waals surface area contributed by atoms with Crippen LogP contribution in [-0.2, 0) is 11.3 Å². The second-order valence-electron chi connectivity index (χ2n) is 8.64. The molecule has 1 saturated heterocycles. The number of morpholine rings is 1. The molecule has 1 fully saturated rings. The van der Waals surface area contributed by atoms with Crippen molar-refractivity contribution in [2.24, 2.45) is 0 Å². The zero-order valence-electron chi connectivity index (χ0n) is 19.6. The van der Waals surface area contributed by atoms with Crippen LogP contribution in [0.2, 0.25) is 0 Å². The van der Waals surface area contributed by atoms with Gasteiger partial charge in [0.05, 0.1) is 31.1 Å². The Morgan fingerprint density at radius 3 is 2.92 bits per heavy atom. The van der Waals surface area contributed by atoms with Crippen molar-refractivity contribution < 1.29 is 13.9 Å². The van der Waals surface area contributed by atoms with E-state index in [9.17, 15) is 4.39 Å². The molecule has 3 aromatic heterocycles. The Hall–Kier alpha value is -4.15. The van der Waals surface area contributed by atoms with Crippen molar-refractivity contribution in [1.29, 1.82) is 0 Å². The molecule has 0 bridgehead atoms. The molecule has 4 heterocycles. The highest BCUT2D eigenvalue weighted by Gasteiger charge is 2.26. The summed E-state index contributed by atoms with van der Waals surface area (Å²) in [5.41, 5.74) is 4.89. The first-order valence-corrected chi connectivity index (χ1v) is 11.7. The van der Waals surface area contributed by atoms with Gasteiger partial charge in [-0.3, -0.25) is 15.0 Å². The number of halogens is 1. The Balaban J connectivity index is 1.23. The fraction of sp³-hybridized carbons (Fsp3) is 0.231. The predicted octanol–water partition coefficient (Wildman–Crippen LogP) is 3.93. The van der Waals surface area contributed by atoms with Crippen LogP contribution in [0.5, 0.6) is 5.75 Å². The average Bonchev–Trinajstić information content (AvgIpc) is 3.58. The Labute approximate surface area is 206 Å². The van der Waals surface area contributed by atoms with Crippen molar-refractivity contribution in [3.8, 4) is 22.7 Å². The van der Waals surface area contributed by atoms with Crippen LogP contribution in [0.3, 0.4) is 0 Å². The molecule has 1 N–H and O–H groups in total. The van der Waals surface area contributed by atoms with Crippen molar-refractivity contribution >= 4 is 10.9 Å². The summed E-state index contributed by atoms with van der Waals surface area (Å²) >= 11 is 0. The van der Waals surface area contributed by atoms with E-state index in [1.807, 2.05) is 36.5 Å². The van der Waals surface area contributed by atoms with Gasteiger partial charge in [-0.2, -0.15) is 5.10 Å². The number of ether oxygens (including phenoxy) is 2. The van der Waals surface area contributed by atoms with Crippen molar-refractivity contribution in [1.82, 2.24) is 35.1 Å². The van der Waals surface area contributed by atoms with Gasteiger partial charge in [-0.25, -0.2) is 9.07 Å². The van der Waals surface area contributed by atoms with Gasteiger partial charge < -0.3 is 9.47 Å². The Bertz CT molecular complexity index is 1500. The minimum atomic E-state index is -0.274. The van der Waals surface area contributed by atoms with Gasteiger partial charge in [0.25, 0.3) is 0 Å². The summed E-state index contributed by atoms with van der Waals surface area (Å²) in [6.07, 6.45) is 5.11. The van der Waals surface area contributed by atoms with Gasteiger partial charge in [0.2, 0.25) is 0 Å². The molecule has 36 heavy (non-hydrogen) atoms. The number of nitrogens with one attached hydrogen (secondary N) is 1. The Kier molecular flexibility index (Phi) is 5.88. The zero-order chi connectivity index (χ0) is 24.5. The van der Waals surface area contributed by atoms with E-state index in [0.29, 0.717) is 37.6 Å². The summed E-state index contributed by atoms with van der Waals surface area (Å²) in [6.45, 7) is 2.21. The molecule has 0 saturated carbocycles. The van der Waals surface area contributed by atoms with Crippen molar-refractivity contribution in [2.75, 3.05) is 26.8 Å². The molecule has 1 aliphatic heterocycles. The molecule has 5 aromatic rings. The van der Waals surface area contributed by atoms with Crippen LogP contribution in [0.15, 0.2) is 67.1 Å². The van der Waals surface area contributed by atoms with Crippen molar-refractivity contribution in [3.05, 3.63) is 84.2 Å². The monoisotopic (exact) mass is 485 g/mol. The largest absolute Gasteiger partial charge is 0.496 e. The summed E-state index contributed by atoms with van der Waals surface area (Å²) in [7, 11) is 1.56. The molecule has 0 amide bonds. The lowest BCUT2D eigenvalue weighted by molar-refractivity contribution is -0.0354. The lowest BCUT2D eigenvalue weighted by Gasteiger charge is -2.32. The maximum absolute atomic E-state index is 14.5. The van der Waals surface area contributed by atoms with E-state index in [0.717, 1.165) is 33.5 Å². The topological polar surface area (TPSA) is 94.0 Å². The van der Waals surface area contributed by atoms with E-state index in [-0.39, 0.29) is 11.9 Å². The number of aromatic amines is 1. The Morgan fingerprint density at radius 1 is 1.17 bits per heavy atom. The van der Waals surface area contributed by atoms with Gasteiger partial charge in [0, 0.05) is 48.5 Å². The standard InChI is InChI=1S/C26H24FN7O2/c1-35-24-4-2-3-21(27)20(24)14-33-11-12-36-25(16-33)23-15-34(32-30-23)18-5-6-22-19(13-18)26(31-29-22)17-7-9-28-10-8-17/h2-10,13,15,25H,11-12,14,16H2,1H3,(H,29,31)/t25-/m1/s1. The van der Waals surface area contributed by atoms with E-state index < -0.39 is 0 Å². The fourth-order valence-electron chi connectivity index (χ4n) is 4.56. The summed E-state index contributed by atoms with van der Waals surface area (Å²) in [4.78, 5) is 6.23. The van der Waals surface area contributed by atoms with E-state index in [1.54, 1.807) is 36.3 Å². The zero-order valence-corrected chi connectivity index (χ0v) is 19.6. The first kappa shape index (κ1) is 22.3. The SMILES string of the molecule is COc1cccc(F)c1CN1CCO[C@@H](c2cn(-c3ccc4[nH]nc(-c5ccncc5)c4c3)nn2)C1. The molecule has 0 spiro atoms. The van der Waals surface area contributed by atoms with E-state index >= 15 is 0 Å².